The number of aromatic nitrogens is 2. The lowest BCUT2D eigenvalue weighted by atomic mass is 10.2. The Balaban J connectivity index is 1.51. The number of nitrogens with zero attached hydrogens (tertiary/aromatic N) is 2. The van der Waals surface area contributed by atoms with Crippen LogP contribution >= 0.6 is 11.8 Å². The van der Waals surface area contributed by atoms with Crippen molar-refractivity contribution in [2.45, 2.75) is 5.16 Å². The Morgan fingerprint density at radius 2 is 2.17 bits per heavy atom. The maximum atomic E-state index is 13.0. The number of carbonyl (C=O) groups is 1. The second-order valence-electron chi connectivity index (χ2n) is 4.70. The van der Waals surface area contributed by atoms with Gasteiger partial charge >= 0.3 is 0 Å². The second-order valence-corrected chi connectivity index (χ2v) is 5.66. The van der Waals surface area contributed by atoms with Crippen molar-refractivity contribution in [1.29, 1.82) is 0 Å². The van der Waals surface area contributed by atoms with Crippen LogP contribution in [0.15, 0.2) is 58.8 Å². The fourth-order valence-corrected chi connectivity index (χ4v) is 2.61. The number of aromatic amines is 1. The zero-order chi connectivity index (χ0) is 16.1. The molecule has 0 radical (unpaired) electrons. The molecule has 0 unspecified atom stereocenters. The van der Waals surface area contributed by atoms with E-state index in [4.69, 9.17) is 0 Å². The van der Waals surface area contributed by atoms with Gasteiger partial charge < -0.3 is 4.98 Å². The highest BCUT2D eigenvalue weighted by Gasteiger charge is 2.06. The molecule has 1 heterocycles. The third-order valence-corrected chi connectivity index (χ3v) is 3.83. The van der Waals surface area contributed by atoms with Crippen molar-refractivity contribution in [3.05, 3.63) is 59.9 Å². The molecule has 3 aromatic rings. The number of hydrogen-bond acceptors (Lipinski definition) is 4. The number of hydrazone groups is 1. The minimum atomic E-state index is -0.347. The van der Waals surface area contributed by atoms with Crippen LogP contribution < -0.4 is 5.43 Å². The van der Waals surface area contributed by atoms with Crippen LogP contribution in [0.3, 0.4) is 0 Å². The molecule has 0 spiro atoms. The van der Waals surface area contributed by atoms with E-state index in [1.54, 1.807) is 12.1 Å². The van der Waals surface area contributed by atoms with Gasteiger partial charge in [-0.1, -0.05) is 36.0 Å². The van der Waals surface area contributed by atoms with Gasteiger partial charge in [0.15, 0.2) is 5.16 Å². The molecular formula is C16H13FN4OS. The second kappa shape index (κ2) is 7.06. The van der Waals surface area contributed by atoms with E-state index in [-0.39, 0.29) is 17.5 Å². The Morgan fingerprint density at radius 3 is 3.00 bits per heavy atom. The summed E-state index contributed by atoms with van der Waals surface area (Å²) >= 11 is 1.29. The number of halogens is 1. The number of fused-ring (bicyclic) bond motifs is 1. The van der Waals surface area contributed by atoms with Crippen molar-refractivity contribution in [2.24, 2.45) is 5.10 Å². The molecule has 0 aliphatic heterocycles. The molecular weight excluding hydrogens is 315 g/mol. The van der Waals surface area contributed by atoms with Gasteiger partial charge in [0.1, 0.15) is 5.82 Å². The zero-order valence-corrected chi connectivity index (χ0v) is 12.8. The largest absolute Gasteiger partial charge is 0.333 e. The Morgan fingerprint density at radius 1 is 1.30 bits per heavy atom. The highest BCUT2D eigenvalue weighted by atomic mass is 32.2. The summed E-state index contributed by atoms with van der Waals surface area (Å²) in [6.45, 7) is 0. The summed E-state index contributed by atoms with van der Waals surface area (Å²) in [6.07, 6.45) is 1.40. The molecule has 5 nitrogen and oxygen atoms in total. The first kappa shape index (κ1) is 15.2. The summed E-state index contributed by atoms with van der Waals surface area (Å²) in [5.41, 5.74) is 4.77. The topological polar surface area (TPSA) is 70.1 Å². The van der Waals surface area contributed by atoms with Crippen molar-refractivity contribution in [3.8, 4) is 0 Å². The summed E-state index contributed by atoms with van der Waals surface area (Å²) < 4.78 is 13.0. The van der Waals surface area contributed by atoms with Crippen LogP contribution in [0.4, 0.5) is 4.39 Å². The molecule has 23 heavy (non-hydrogen) atoms. The Hall–Kier alpha value is -2.67. The fraction of sp³-hybridized carbons (Fsp3) is 0.0625. The summed E-state index contributed by atoms with van der Waals surface area (Å²) in [4.78, 5) is 19.2. The number of rotatable bonds is 5. The molecule has 0 aliphatic rings. The molecule has 7 heteroatoms. The predicted molar refractivity (Wildman–Crippen MR) is 89.0 cm³/mol. The lowest BCUT2D eigenvalue weighted by molar-refractivity contribution is -0.118. The highest BCUT2D eigenvalue weighted by molar-refractivity contribution is 7.99. The van der Waals surface area contributed by atoms with E-state index in [1.165, 1.54) is 30.1 Å². The first-order valence-corrected chi connectivity index (χ1v) is 7.84. The molecule has 3 rings (SSSR count). The molecule has 0 bridgehead atoms. The number of benzene rings is 2. The number of imidazole rings is 1. The zero-order valence-electron chi connectivity index (χ0n) is 12.0. The summed E-state index contributed by atoms with van der Waals surface area (Å²) in [6, 6.07) is 13.6. The third-order valence-electron chi connectivity index (χ3n) is 2.96. The minimum absolute atomic E-state index is 0.181. The van der Waals surface area contributed by atoms with Gasteiger partial charge in [0.25, 0.3) is 5.91 Å². The molecule has 2 N–H and O–H groups in total. The van der Waals surface area contributed by atoms with E-state index in [0.717, 1.165) is 11.0 Å². The number of nitrogens with one attached hydrogen (secondary N) is 2. The molecule has 116 valence electrons. The van der Waals surface area contributed by atoms with Crippen molar-refractivity contribution in [2.75, 3.05) is 5.75 Å². The quantitative estimate of drug-likeness (QED) is 0.430. The Labute approximate surface area is 136 Å². The number of para-hydroxylation sites is 2. The van der Waals surface area contributed by atoms with Crippen LogP contribution in [0.2, 0.25) is 0 Å². The molecule has 0 saturated carbocycles. The van der Waals surface area contributed by atoms with E-state index >= 15 is 0 Å². The van der Waals surface area contributed by atoms with Gasteiger partial charge in [0.2, 0.25) is 0 Å². The van der Waals surface area contributed by atoms with Crippen LogP contribution in [0, 0.1) is 5.82 Å². The number of thioether (sulfide) groups is 1. The van der Waals surface area contributed by atoms with E-state index in [1.807, 2.05) is 24.3 Å². The van der Waals surface area contributed by atoms with Crippen LogP contribution in [0.5, 0.6) is 0 Å². The van der Waals surface area contributed by atoms with Gasteiger partial charge in [0.05, 0.1) is 23.0 Å². The minimum Gasteiger partial charge on any atom is -0.333 e. The SMILES string of the molecule is O=C(CSc1nc2ccccc2[nH]1)N/N=C/c1cccc(F)c1. The number of hydrogen-bond donors (Lipinski definition) is 2. The van der Waals surface area contributed by atoms with Crippen LogP contribution in [0.25, 0.3) is 11.0 Å². The molecule has 0 atom stereocenters. The maximum absolute atomic E-state index is 13.0. The molecule has 2 aromatic carbocycles. The maximum Gasteiger partial charge on any atom is 0.250 e. The lowest BCUT2D eigenvalue weighted by Gasteiger charge is -1.98. The molecule has 0 fully saturated rings. The predicted octanol–water partition coefficient (Wildman–Crippen LogP) is 2.94. The lowest BCUT2D eigenvalue weighted by Crippen LogP contribution is -2.19. The van der Waals surface area contributed by atoms with E-state index in [0.29, 0.717) is 10.7 Å². The normalized spacial score (nSPS) is 11.2. The average molecular weight is 328 g/mol. The van der Waals surface area contributed by atoms with Crippen LogP contribution in [-0.4, -0.2) is 27.8 Å². The smallest absolute Gasteiger partial charge is 0.250 e. The highest BCUT2D eigenvalue weighted by Crippen LogP contribution is 2.18. The van der Waals surface area contributed by atoms with Gasteiger partial charge in [-0.2, -0.15) is 5.10 Å². The van der Waals surface area contributed by atoms with Crippen molar-refractivity contribution in [1.82, 2.24) is 15.4 Å². The fourth-order valence-electron chi connectivity index (χ4n) is 1.93. The van der Waals surface area contributed by atoms with E-state index in [9.17, 15) is 9.18 Å². The molecule has 0 aliphatic carbocycles. The van der Waals surface area contributed by atoms with Crippen LogP contribution in [-0.2, 0) is 4.79 Å². The standard InChI is InChI=1S/C16H13FN4OS/c17-12-5-3-4-11(8-12)9-18-21-15(22)10-23-16-19-13-6-1-2-7-14(13)20-16/h1-9H,10H2,(H,19,20)(H,21,22)/b18-9+. The van der Waals surface area contributed by atoms with Gasteiger partial charge in [0, 0.05) is 0 Å². The molecule has 1 aromatic heterocycles. The van der Waals surface area contributed by atoms with Gasteiger partial charge in [-0.3, -0.25) is 4.79 Å². The van der Waals surface area contributed by atoms with Gasteiger partial charge in [-0.15, -0.1) is 0 Å². The molecule has 1 amide bonds. The third kappa shape index (κ3) is 4.17. The Bertz CT molecular complexity index is 829. The van der Waals surface area contributed by atoms with Crippen molar-refractivity contribution < 1.29 is 9.18 Å². The summed E-state index contributed by atoms with van der Waals surface area (Å²) in [5, 5.41) is 4.48. The van der Waals surface area contributed by atoms with Gasteiger partial charge in [-0.05, 0) is 29.8 Å². The van der Waals surface area contributed by atoms with Crippen molar-refractivity contribution in [3.63, 3.8) is 0 Å². The monoisotopic (exact) mass is 328 g/mol. The first-order valence-electron chi connectivity index (χ1n) is 6.86. The molecule has 0 saturated heterocycles. The Kier molecular flexibility index (Phi) is 4.68. The van der Waals surface area contributed by atoms with E-state index < -0.39 is 0 Å². The average Bonchev–Trinajstić information content (AvgIpc) is 2.96. The van der Waals surface area contributed by atoms with Crippen molar-refractivity contribution >= 4 is 34.9 Å². The van der Waals surface area contributed by atoms with Crippen LogP contribution in [0.1, 0.15) is 5.56 Å². The number of amides is 1. The summed E-state index contributed by atoms with van der Waals surface area (Å²) in [7, 11) is 0. The first-order chi connectivity index (χ1) is 11.2. The van der Waals surface area contributed by atoms with E-state index in [2.05, 4.69) is 20.5 Å². The number of carbonyl (C=O) groups excluding carboxylic acids is 1. The van der Waals surface area contributed by atoms with Gasteiger partial charge in [-0.25, -0.2) is 14.8 Å². The number of H-pyrrole nitrogens is 1. The summed E-state index contributed by atoms with van der Waals surface area (Å²) in [5.74, 6) is -0.427.